The van der Waals surface area contributed by atoms with E-state index in [1.165, 1.54) is 0 Å². The summed E-state index contributed by atoms with van der Waals surface area (Å²) in [7, 11) is 1.65. The lowest BCUT2D eigenvalue weighted by Gasteiger charge is -2.08. The Morgan fingerprint density at radius 1 is 1.27 bits per heavy atom. The van der Waals surface area contributed by atoms with Gasteiger partial charge in [-0.15, -0.1) is 0 Å². The second-order valence-corrected chi connectivity index (χ2v) is 3.29. The molecule has 0 fully saturated rings. The van der Waals surface area contributed by atoms with Crippen molar-refractivity contribution in [2.75, 3.05) is 7.11 Å². The topological polar surface area (TPSA) is 22.1 Å². The monoisotopic (exact) mass is 198 g/mol. The highest BCUT2D eigenvalue weighted by molar-refractivity contribution is 5.69. The molecular formula is C13H12NO. The van der Waals surface area contributed by atoms with E-state index in [-0.39, 0.29) is 0 Å². The smallest absolute Gasteiger partial charge is 0.136 e. The minimum Gasteiger partial charge on any atom is -0.495 e. The second-order valence-electron chi connectivity index (χ2n) is 3.29. The van der Waals surface area contributed by atoms with Gasteiger partial charge >= 0.3 is 0 Å². The van der Waals surface area contributed by atoms with Crippen LogP contribution in [0.15, 0.2) is 36.5 Å². The normalized spacial score (nSPS) is 10.0. The van der Waals surface area contributed by atoms with Crippen molar-refractivity contribution in [1.29, 1.82) is 0 Å². The number of pyridine rings is 1. The zero-order chi connectivity index (χ0) is 10.7. The summed E-state index contributed by atoms with van der Waals surface area (Å²) < 4.78 is 5.26. The van der Waals surface area contributed by atoms with Gasteiger partial charge in [0.1, 0.15) is 5.75 Å². The molecule has 0 aliphatic carbocycles. The molecule has 1 aromatic heterocycles. The zero-order valence-electron chi connectivity index (χ0n) is 8.82. The molecule has 1 aromatic carbocycles. The number of rotatable bonds is 2. The van der Waals surface area contributed by atoms with Crippen molar-refractivity contribution in [1.82, 2.24) is 4.98 Å². The number of methoxy groups -OCH3 is 1. The number of hydrogen-bond donors (Lipinski definition) is 0. The molecule has 0 unspecified atom stereocenters. The van der Waals surface area contributed by atoms with Crippen LogP contribution in [0.4, 0.5) is 0 Å². The molecule has 0 aliphatic rings. The molecule has 0 atom stereocenters. The van der Waals surface area contributed by atoms with Crippen molar-refractivity contribution < 1.29 is 4.74 Å². The molecule has 0 bridgehead atoms. The first-order valence-electron chi connectivity index (χ1n) is 4.79. The van der Waals surface area contributed by atoms with Crippen LogP contribution in [0.3, 0.4) is 0 Å². The van der Waals surface area contributed by atoms with E-state index in [2.05, 4.69) is 11.1 Å². The van der Waals surface area contributed by atoms with Gasteiger partial charge in [-0.05, 0) is 24.6 Å². The number of para-hydroxylation sites is 1. The first-order valence-corrected chi connectivity index (χ1v) is 4.79. The average Bonchev–Trinajstić information content (AvgIpc) is 2.30. The summed E-state index contributed by atoms with van der Waals surface area (Å²) in [5.74, 6) is 0.735. The number of benzene rings is 1. The van der Waals surface area contributed by atoms with E-state index < -0.39 is 0 Å². The highest BCUT2D eigenvalue weighted by Crippen LogP contribution is 2.29. The number of aromatic nitrogens is 1. The Morgan fingerprint density at radius 3 is 2.87 bits per heavy atom. The first-order chi connectivity index (χ1) is 7.33. The van der Waals surface area contributed by atoms with Gasteiger partial charge in [0.05, 0.1) is 12.8 Å². The number of nitrogens with zero attached hydrogens (tertiary/aromatic N) is 1. The van der Waals surface area contributed by atoms with Crippen LogP contribution in [-0.2, 0) is 0 Å². The van der Waals surface area contributed by atoms with Crippen molar-refractivity contribution in [2.24, 2.45) is 0 Å². The number of ether oxygens (including phenoxy) is 1. The largest absolute Gasteiger partial charge is 0.495 e. The molecule has 0 saturated carbocycles. The predicted octanol–water partition coefficient (Wildman–Crippen LogP) is 2.87. The average molecular weight is 198 g/mol. The third-order valence-corrected chi connectivity index (χ3v) is 2.29. The van der Waals surface area contributed by atoms with Crippen LogP contribution >= 0.6 is 0 Å². The van der Waals surface area contributed by atoms with Crippen LogP contribution in [0.5, 0.6) is 5.75 Å². The number of aryl methyl sites for hydroxylation is 1. The molecule has 0 spiro atoms. The molecule has 15 heavy (non-hydrogen) atoms. The molecule has 2 rings (SSSR count). The molecule has 1 heterocycles. The molecule has 2 aromatic rings. The first kappa shape index (κ1) is 9.71. The standard InChI is InChI=1S/C13H12NO/c1-10-6-5-9-14-13(10)11-7-3-4-8-12(11)15-2/h3-7,9H,1-2H3. The van der Waals surface area contributed by atoms with Gasteiger partial charge < -0.3 is 4.74 Å². The highest BCUT2D eigenvalue weighted by Gasteiger charge is 2.07. The predicted molar refractivity (Wildman–Crippen MR) is 59.8 cm³/mol. The summed E-state index contributed by atoms with van der Waals surface area (Å²) in [6, 6.07) is 12.8. The summed E-state index contributed by atoms with van der Waals surface area (Å²) >= 11 is 0. The zero-order valence-corrected chi connectivity index (χ0v) is 8.82. The van der Waals surface area contributed by atoms with Crippen molar-refractivity contribution in [3.05, 3.63) is 48.2 Å². The Balaban J connectivity index is 2.59. The number of hydrogen-bond acceptors (Lipinski definition) is 2. The Labute approximate surface area is 89.6 Å². The van der Waals surface area contributed by atoms with E-state index >= 15 is 0 Å². The van der Waals surface area contributed by atoms with Gasteiger partial charge in [0.15, 0.2) is 0 Å². The van der Waals surface area contributed by atoms with Gasteiger partial charge in [0.25, 0.3) is 0 Å². The minimum absolute atomic E-state index is 0.735. The highest BCUT2D eigenvalue weighted by atomic mass is 16.5. The van der Waals surface area contributed by atoms with Gasteiger partial charge in [0, 0.05) is 17.8 Å². The van der Waals surface area contributed by atoms with Crippen LogP contribution in [0, 0.1) is 13.0 Å². The summed E-state index contributed by atoms with van der Waals surface area (Å²) in [6.07, 6.45) is 1.79. The SMILES string of the molecule is COc1[c]cccc1-c1ncccc1C. The lowest BCUT2D eigenvalue weighted by molar-refractivity contribution is 0.415. The Hall–Kier alpha value is -1.83. The maximum absolute atomic E-state index is 5.26. The van der Waals surface area contributed by atoms with Crippen molar-refractivity contribution in [3.8, 4) is 17.0 Å². The fourth-order valence-electron chi connectivity index (χ4n) is 1.54. The van der Waals surface area contributed by atoms with Crippen LogP contribution in [0.1, 0.15) is 5.56 Å². The molecule has 2 heteroatoms. The Bertz CT molecular complexity index is 466. The maximum Gasteiger partial charge on any atom is 0.136 e. The quantitative estimate of drug-likeness (QED) is 0.740. The fraction of sp³-hybridized carbons (Fsp3) is 0.154. The summed E-state index contributed by atoms with van der Waals surface area (Å²) in [6.45, 7) is 2.04. The molecule has 1 radical (unpaired) electrons. The maximum atomic E-state index is 5.26. The van der Waals surface area contributed by atoms with Crippen LogP contribution in [-0.4, -0.2) is 12.1 Å². The second kappa shape index (κ2) is 4.13. The van der Waals surface area contributed by atoms with Crippen molar-refractivity contribution in [2.45, 2.75) is 6.92 Å². The van der Waals surface area contributed by atoms with E-state index in [1.54, 1.807) is 13.3 Å². The molecule has 0 N–H and O–H groups in total. The Morgan fingerprint density at radius 2 is 2.13 bits per heavy atom. The minimum atomic E-state index is 0.735. The van der Waals surface area contributed by atoms with Crippen molar-refractivity contribution >= 4 is 0 Å². The van der Waals surface area contributed by atoms with Gasteiger partial charge in [0.2, 0.25) is 0 Å². The third kappa shape index (κ3) is 1.84. The van der Waals surface area contributed by atoms with Gasteiger partial charge in [-0.2, -0.15) is 0 Å². The van der Waals surface area contributed by atoms with Crippen LogP contribution < -0.4 is 4.74 Å². The van der Waals surface area contributed by atoms with E-state index in [9.17, 15) is 0 Å². The van der Waals surface area contributed by atoms with E-state index in [0.717, 1.165) is 22.6 Å². The summed E-state index contributed by atoms with van der Waals surface area (Å²) in [5.41, 5.74) is 3.07. The Kier molecular flexibility index (Phi) is 2.68. The lowest BCUT2D eigenvalue weighted by atomic mass is 10.1. The molecule has 2 nitrogen and oxygen atoms in total. The van der Waals surface area contributed by atoms with Crippen LogP contribution in [0.2, 0.25) is 0 Å². The summed E-state index contributed by atoms with van der Waals surface area (Å²) in [5, 5.41) is 0. The van der Waals surface area contributed by atoms with E-state index in [4.69, 9.17) is 4.74 Å². The molecule has 75 valence electrons. The van der Waals surface area contributed by atoms with Gasteiger partial charge in [-0.1, -0.05) is 18.2 Å². The van der Waals surface area contributed by atoms with Gasteiger partial charge in [-0.25, -0.2) is 0 Å². The summed E-state index contributed by atoms with van der Waals surface area (Å²) in [4.78, 5) is 4.36. The van der Waals surface area contributed by atoms with E-state index in [0.29, 0.717) is 0 Å². The van der Waals surface area contributed by atoms with Crippen molar-refractivity contribution in [3.63, 3.8) is 0 Å². The third-order valence-electron chi connectivity index (χ3n) is 2.29. The molecule has 0 aliphatic heterocycles. The van der Waals surface area contributed by atoms with E-state index in [1.807, 2.05) is 37.3 Å². The van der Waals surface area contributed by atoms with Crippen LogP contribution in [0.25, 0.3) is 11.3 Å². The van der Waals surface area contributed by atoms with Gasteiger partial charge in [-0.3, -0.25) is 4.98 Å². The lowest BCUT2D eigenvalue weighted by Crippen LogP contribution is -1.91. The fourth-order valence-corrected chi connectivity index (χ4v) is 1.54. The molecule has 0 amide bonds. The molecule has 0 saturated heterocycles. The molecular weight excluding hydrogens is 186 g/mol.